The van der Waals surface area contributed by atoms with Crippen molar-refractivity contribution in [2.24, 2.45) is 0 Å². The van der Waals surface area contributed by atoms with Crippen LogP contribution < -0.4 is 5.32 Å². The van der Waals surface area contributed by atoms with E-state index in [1.165, 1.54) is 0 Å². The Kier molecular flexibility index (Phi) is 5.31. The van der Waals surface area contributed by atoms with Crippen molar-refractivity contribution in [3.05, 3.63) is 35.9 Å². The molecule has 0 aromatic heterocycles. The summed E-state index contributed by atoms with van der Waals surface area (Å²) < 4.78 is 5.55. The Morgan fingerprint density at radius 1 is 1.25 bits per heavy atom. The van der Waals surface area contributed by atoms with Gasteiger partial charge in [-0.2, -0.15) is 0 Å². The van der Waals surface area contributed by atoms with Crippen LogP contribution in [0.25, 0.3) is 0 Å². The lowest BCUT2D eigenvalue weighted by Gasteiger charge is -2.38. The topological polar surface area (TPSA) is 58.6 Å². The molecule has 4 nitrogen and oxygen atoms in total. The quantitative estimate of drug-likeness (QED) is 0.839. The molecule has 1 rings (SSSR count). The second-order valence-electron chi connectivity index (χ2n) is 6.11. The first-order valence-corrected chi connectivity index (χ1v) is 6.83. The van der Waals surface area contributed by atoms with Gasteiger partial charge >= 0.3 is 0 Å². The van der Waals surface area contributed by atoms with Crippen LogP contribution >= 0.6 is 0 Å². The van der Waals surface area contributed by atoms with Crippen LogP contribution in [0.15, 0.2) is 30.3 Å². The van der Waals surface area contributed by atoms with Crippen molar-refractivity contribution >= 4 is 5.91 Å². The third-order valence-electron chi connectivity index (χ3n) is 3.68. The SMILES string of the molecule is CC(OCc1ccccc1)C(=O)NC(C)(C)C(C)(C)O. The molecule has 0 saturated carbocycles. The van der Waals surface area contributed by atoms with Crippen molar-refractivity contribution in [2.75, 3.05) is 0 Å². The maximum Gasteiger partial charge on any atom is 0.249 e. The normalized spacial score (nSPS) is 13.9. The molecular formula is C16H25NO3. The molecule has 0 aliphatic heterocycles. The second kappa shape index (κ2) is 6.37. The Morgan fingerprint density at radius 3 is 2.30 bits per heavy atom. The van der Waals surface area contributed by atoms with E-state index in [0.29, 0.717) is 6.61 Å². The lowest BCUT2D eigenvalue weighted by atomic mass is 9.86. The minimum absolute atomic E-state index is 0.229. The lowest BCUT2D eigenvalue weighted by molar-refractivity contribution is -0.137. The Morgan fingerprint density at radius 2 is 1.80 bits per heavy atom. The molecular weight excluding hydrogens is 254 g/mol. The van der Waals surface area contributed by atoms with E-state index in [1.54, 1.807) is 34.6 Å². The first-order chi connectivity index (χ1) is 9.13. The predicted octanol–water partition coefficient (Wildman–Crippen LogP) is 2.26. The number of hydrogen-bond acceptors (Lipinski definition) is 3. The summed E-state index contributed by atoms with van der Waals surface area (Å²) in [5.74, 6) is -0.229. The van der Waals surface area contributed by atoms with Crippen molar-refractivity contribution in [2.45, 2.75) is 58.5 Å². The van der Waals surface area contributed by atoms with Crippen molar-refractivity contribution in [3.8, 4) is 0 Å². The maximum atomic E-state index is 12.1. The summed E-state index contributed by atoms with van der Waals surface area (Å²) in [5.41, 5.74) is -0.718. The first kappa shape index (κ1) is 16.7. The molecule has 2 N–H and O–H groups in total. The fourth-order valence-electron chi connectivity index (χ4n) is 1.43. The molecule has 1 atom stereocenters. The number of carbonyl (C=O) groups excluding carboxylic acids is 1. The van der Waals surface area contributed by atoms with E-state index in [9.17, 15) is 9.90 Å². The summed E-state index contributed by atoms with van der Waals surface area (Å²) in [7, 11) is 0. The maximum absolute atomic E-state index is 12.1. The molecule has 0 heterocycles. The number of rotatable bonds is 6. The van der Waals surface area contributed by atoms with Gasteiger partial charge in [0, 0.05) is 0 Å². The molecule has 0 bridgehead atoms. The highest BCUT2D eigenvalue weighted by atomic mass is 16.5. The number of aliphatic hydroxyl groups is 1. The van der Waals surface area contributed by atoms with Crippen LogP contribution in [0.2, 0.25) is 0 Å². The number of carbonyl (C=O) groups is 1. The first-order valence-electron chi connectivity index (χ1n) is 6.83. The van der Waals surface area contributed by atoms with Gasteiger partial charge in [0.1, 0.15) is 6.10 Å². The molecule has 1 aromatic carbocycles. The summed E-state index contributed by atoms with van der Waals surface area (Å²) >= 11 is 0. The number of hydrogen-bond donors (Lipinski definition) is 2. The summed E-state index contributed by atoms with van der Waals surface area (Å²) in [6.45, 7) is 9.01. The van der Waals surface area contributed by atoms with Crippen molar-refractivity contribution < 1.29 is 14.6 Å². The molecule has 0 spiro atoms. The van der Waals surface area contributed by atoms with Gasteiger partial charge in [-0.1, -0.05) is 30.3 Å². The third-order valence-corrected chi connectivity index (χ3v) is 3.68. The number of nitrogens with one attached hydrogen (secondary N) is 1. The van der Waals surface area contributed by atoms with E-state index >= 15 is 0 Å². The number of benzene rings is 1. The predicted molar refractivity (Wildman–Crippen MR) is 79.2 cm³/mol. The second-order valence-corrected chi connectivity index (χ2v) is 6.11. The zero-order chi connectivity index (χ0) is 15.4. The van der Waals surface area contributed by atoms with Crippen molar-refractivity contribution in [1.82, 2.24) is 5.32 Å². The molecule has 4 heteroatoms. The highest BCUT2D eigenvalue weighted by Gasteiger charge is 2.37. The Hall–Kier alpha value is -1.39. The molecule has 0 fully saturated rings. The molecule has 1 unspecified atom stereocenters. The summed E-state index contributed by atoms with van der Waals surface area (Å²) in [4.78, 5) is 12.1. The molecule has 0 saturated heterocycles. The zero-order valence-electron chi connectivity index (χ0n) is 12.9. The van der Waals surface area contributed by atoms with Gasteiger partial charge in [0.15, 0.2) is 0 Å². The highest BCUT2D eigenvalue weighted by Crippen LogP contribution is 2.20. The van der Waals surface area contributed by atoms with E-state index < -0.39 is 17.2 Å². The Labute approximate surface area is 121 Å². The smallest absolute Gasteiger partial charge is 0.249 e. The standard InChI is InChI=1S/C16H25NO3/c1-12(20-11-13-9-7-6-8-10-13)14(18)17-15(2,3)16(4,5)19/h6-10,12,19H,11H2,1-5H3,(H,17,18). The van der Waals surface area contributed by atoms with Gasteiger partial charge in [-0.3, -0.25) is 4.79 Å². The van der Waals surface area contributed by atoms with E-state index in [0.717, 1.165) is 5.56 Å². The molecule has 1 aromatic rings. The molecule has 0 radical (unpaired) electrons. The van der Waals surface area contributed by atoms with Crippen LogP contribution in [0.1, 0.15) is 40.2 Å². The van der Waals surface area contributed by atoms with Crippen LogP contribution in [0, 0.1) is 0 Å². The van der Waals surface area contributed by atoms with Crippen LogP contribution in [-0.2, 0) is 16.1 Å². The van der Waals surface area contributed by atoms with E-state index in [1.807, 2.05) is 30.3 Å². The summed E-state index contributed by atoms with van der Waals surface area (Å²) in [6, 6.07) is 9.70. The summed E-state index contributed by atoms with van der Waals surface area (Å²) in [6.07, 6.45) is -0.572. The van der Waals surface area contributed by atoms with Crippen molar-refractivity contribution in [3.63, 3.8) is 0 Å². The van der Waals surface area contributed by atoms with Gasteiger partial charge in [0.05, 0.1) is 17.7 Å². The highest BCUT2D eigenvalue weighted by molar-refractivity contribution is 5.81. The van der Waals surface area contributed by atoms with Gasteiger partial charge in [0.2, 0.25) is 5.91 Å². The third kappa shape index (κ3) is 4.62. The largest absolute Gasteiger partial charge is 0.388 e. The minimum atomic E-state index is -1.01. The van der Waals surface area contributed by atoms with E-state index in [4.69, 9.17) is 4.74 Å². The number of amides is 1. The minimum Gasteiger partial charge on any atom is -0.388 e. The van der Waals surface area contributed by atoms with Crippen LogP contribution in [0.4, 0.5) is 0 Å². The van der Waals surface area contributed by atoms with E-state index in [2.05, 4.69) is 5.32 Å². The Bertz CT molecular complexity index is 435. The molecule has 20 heavy (non-hydrogen) atoms. The summed E-state index contributed by atoms with van der Waals surface area (Å²) in [5, 5.41) is 12.8. The monoisotopic (exact) mass is 279 g/mol. The van der Waals surface area contributed by atoms with Gasteiger partial charge in [-0.25, -0.2) is 0 Å². The lowest BCUT2D eigenvalue weighted by Crippen LogP contribution is -2.59. The zero-order valence-corrected chi connectivity index (χ0v) is 12.9. The van der Waals surface area contributed by atoms with Crippen LogP contribution in [0.5, 0.6) is 0 Å². The number of ether oxygens (including phenoxy) is 1. The fourth-order valence-corrected chi connectivity index (χ4v) is 1.43. The van der Waals surface area contributed by atoms with Crippen LogP contribution in [0.3, 0.4) is 0 Å². The molecule has 0 aliphatic carbocycles. The molecule has 0 aliphatic rings. The van der Waals surface area contributed by atoms with Gasteiger partial charge < -0.3 is 15.2 Å². The van der Waals surface area contributed by atoms with Crippen LogP contribution in [-0.4, -0.2) is 28.3 Å². The van der Waals surface area contributed by atoms with Gasteiger partial charge in [-0.05, 0) is 40.2 Å². The fraction of sp³-hybridized carbons (Fsp3) is 0.562. The van der Waals surface area contributed by atoms with E-state index in [-0.39, 0.29) is 5.91 Å². The average molecular weight is 279 g/mol. The Balaban J connectivity index is 2.52. The average Bonchev–Trinajstić information content (AvgIpc) is 2.35. The molecule has 1 amide bonds. The van der Waals surface area contributed by atoms with Crippen molar-refractivity contribution in [1.29, 1.82) is 0 Å². The van der Waals surface area contributed by atoms with Gasteiger partial charge in [0.25, 0.3) is 0 Å². The molecule has 112 valence electrons. The van der Waals surface area contributed by atoms with Gasteiger partial charge in [-0.15, -0.1) is 0 Å².